The first-order valence-corrected chi connectivity index (χ1v) is 9.00. The van der Waals surface area contributed by atoms with E-state index in [4.69, 9.17) is 12.2 Å². The van der Waals surface area contributed by atoms with Crippen LogP contribution in [0, 0.1) is 6.92 Å². The topological polar surface area (TPSA) is 57.3 Å². The highest BCUT2D eigenvalue weighted by Gasteiger charge is 2.39. The number of nitrogens with zero attached hydrogens (tertiary/aromatic N) is 2. The second-order valence-corrected chi connectivity index (χ2v) is 6.93. The summed E-state index contributed by atoms with van der Waals surface area (Å²) in [7, 11) is 0. The fourth-order valence-electron chi connectivity index (χ4n) is 3.73. The van der Waals surface area contributed by atoms with Gasteiger partial charge in [-0.25, -0.2) is 4.98 Å². The van der Waals surface area contributed by atoms with E-state index in [1.807, 2.05) is 48.2 Å². The summed E-state index contributed by atoms with van der Waals surface area (Å²) in [6.45, 7) is 2.78. The normalized spacial score (nSPS) is 18.5. The van der Waals surface area contributed by atoms with Gasteiger partial charge in [-0.3, -0.25) is 4.79 Å². The van der Waals surface area contributed by atoms with Crippen LogP contribution in [0.3, 0.4) is 0 Å². The van der Waals surface area contributed by atoms with E-state index in [-0.39, 0.29) is 11.9 Å². The van der Waals surface area contributed by atoms with Crippen LogP contribution in [-0.4, -0.2) is 27.4 Å². The molecule has 1 aromatic carbocycles. The number of piperidine rings is 1. The number of carbonyl (C=O) groups is 1. The predicted molar refractivity (Wildman–Crippen MR) is 103 cm³/mol. The number of fused-ring (bicyclic) bond motifs is 3. The van der Waals surface area contributed by atoms with Crippen molar-refractivity contribution in [2.45, 2.75) is 32.2 Å². The Balaban J connectivity index is 1.58. The number of hydrogen-bond donors (Lipinski definition) is 2. The Morgan fingerprint density at radius 3 is 2.88 bits per heavy atom. The summed E-state index contributed by atoms with van der Waals surface area (Å²) in [5.74, 6) is 0.850. The summed E-state index contributed by atoms with van der Waals surface area (Å²) in [6.07, 6.45) is 3.24. The number of nitrogens with one attached hydrogen (secondary N) is 2. The van der Waals surface area contributed by atoms with Crippen molar-refractivity contribution in [3.05, 3.63) is 53.2 Å². The third-order valence-corrected chi connectivity index (χ3v) is 5.02. The maximum absolute atomic E-state index is 12.6. The molecule has 4 rings (SSSR count). The number of pyridine rings is 1. The summed E-state index contributed by atoms with van der Waals surface area (Å²) < 4.78 is 0. The number of thiocarbonyl (C=S) groups is 1. The number of aromatic nitrogens is 1. The summed E-state index contributed by atoms with van der Waals surface area (Å²) in [5.41, 5.74) is 3.71. The van der Waals surface area contributed by atoms with Gasteiger partial charge in [0.05, 0.1) is 6.04 Å². The van der Waals surface area contributed by atoms with Crippen molar-refractivity contribution < 1.29 is 4.79 Å². The number of carbonyl (C=O) groups excluding carboxylic acids is 1. The molecule has 128 valence electrons. The van der Waals surface area contributed by atoms with E-state index in [2.05, 4.69) is 15.6 Å². The lowest BCUT2D eigenvalue weighted by molar-refractivity contribution is 0.0672. The van der Waals surface area contributed by atoms with Gasteiger partial charge >= 0.3 is 0 Å². The van der Waals surface area contributed by atoms with Crippen LogP contribution < -0.4 is 10.6 Å². The average molecular weight is 352 g/mol. The van der Waals surface area contributed by atoms with Gasteiger partial charge in [0.15, 0.2) is 5.11 Å². The highest BCUT2D eigenvalue weighted by molar-refractivity contribution is 7.80. The zero-order valence-electron chi connectivity index (χ0n) is 14.1. The first-order chi connectivity index (χ1) is 12.1. The van der Waals surface area contributed by atoms with Crippen molar-refractivity contribution in [3.8, 4) is 0 Å². The van der Waals surface area contributed by atoms with Gasteiger partial charge in [0.25, 0.3) is 5.91 Å². The molecule has 1 fully saturated rings. The van der Waals surface area contributed by atoms with E-state index in [0.717, 1.165) is 48.3 Å². The molecule has 5 nitrogen and oxygen atoms in total. The SMILES string of the molecule is Cc1cccc(NC(=S)Nc2cccc3c2C2CCCCN2C3=O)n1. The van der Waals surface area contributed by atoms with Crippen LogP contribution in [0.25, 0.3) is 0 Å². The van der Waals surface area contributed by atoms with Gasteiger partial charge < -0.3 is 15.5 Å². The number of benzene rings is 1. The van der Waals surface area contributed by atoms with Crippen molar-refractivity contribution in [1.82, 2.24) is 9.88 Å². The number of amides is 1. The van der Waals surface area contributed by atoms with Crippen LogP contribution in [0.15, 0.2) is 36.4 Å². The molecule has 25 heavy (non-hydrogen) atoms. The highest BCUT2D eigenvalue weighted by atomic mass is 32.1. The second kappa shape index (κ2) is 6.44. The Bertz CT molecular complexity index is 851. The second-order valence-electron chi connectivity index (χ2n) is 6.52. The number of hydrogen-bond acceptors (Lipinski definition) is 3. The van der Waals surface area contributed by atoms with E-state index >= 15 is 0 Å². The molecule has 1 aromatic heterocycles. The Morgan fingerprint density at radius 1 is 1.20 bits per heavy atom. The predicted octanol–water partition coefficient (Wildman–Crippen LogP) is 3.88. The molecule has 1 atom stereocenters. The molecule has 0 bridgehead atoms. The molecule has 0 spiro atoms. The number of anilines is 2. The third kappa shape index (κ3) is 2.98. The number of rotatable bonds is 2. The van der Waals surface area contributed by atoms with Crippen LogP contribution in [0.5, 0.6) is 0 Å². The Hall–Kier alpha value is -2.47. The smallest absolute Gasteiger partial charge is 0.254 e. The zero-order chi connectivity index (χ0) is 17.4. The van der Waals surface area contributed by atoms with Gasteiger partial charge in [-0.15, -0.1) is 0 Å². The summed E-state index contributed by atoms with van der Waals surface area (Å²) in [5, 5.41) is 6.86. The van der Waals surface area contributed by atoms with Crippen LogP contribution in [0.4, 0.5) is 11.5 Å². The average Bonchev–Trinajstić information content (AvgIpc) is 2.89. The molecular formula is C19H20N4OS. The highest BCUT2D eigenvalue weighted by Crippen LogP contribution is 2.43. The van der Waals surface area contributed by atoms with Gasteiger partial charge in [0.1, 0.15) is 5.82 Å². The van der Waals surface area contributed by atoms with Crippen molar-refractivity contribution in [2.24, 2.45) is 0 Å². The minimum Gasteiger partial charge on any atom is -0.332 e. The summed E-state index contributed by atoms with van der Waals surface area (Å²) in [4.78, 5) is 19.0. The molecular weight excluding hydrogens is 332 g/mol. The Morgan fingerprint density at radius 2 is 2.04 bits per heavy atom. The molecule has 1 amide bonds. The molecule has 2 aliphatic heterocycles. The fraction of sp³-hybridized carbons (Fsp3) is 0.316. The molecule has 3 heterocycles. The van der Waals surface area contributed by atoms with Crippen molar-refractivity contribution in [2.75, 3.05) is 17.2 Å². The lowest BCUT2D eigenvalue weighted by atomic mass is 9.96. The summed E-state index contributed by atoms with van der Waals surface area (Å²) >= 11 is 5.45. The van der Waals surface area contributed by atoms with Crippen LogP contribution in [-0.2, 0) is 0 Å². The molecule has 0 aliphatic carbocycles. The van der Waals surface area contributed by atoms with Gasteiger partial charge in [-0.05, 0) is 62.7 Å². The largest absolute Gasteiger partial charge is 0.332 e. The maximum Gasteiger partial charge on any atom is 0.254 e. The quantitative estimate of drug-likeness (QED) is 0.804. The minimum atomic E-state index is 0.141. The van der Waals surface area contributed by atoms with Crippen molar-refractivity contribution in [1.29, 1.82) is 0 Å². The van der Waals surface area contributed by atoms with E-state index < -0.39 is 0 Å². The molecule has 2 aliphatic rings. The third-order valence-electron chi connectivity index (χ3n) is 4.81. The lowest BCUT2D eigenvalue weighted by Crippen LogP contribution is -2.32. The van der Waals surface area contributed by atoms with Gasteiger partial charge in [-0.1, -0.05) is 12.1 Å². The van der Waals surface area contributed by atoms with E-state index in [0.29, 0.717) is 10.9 Å². The van der Waals surface area contributed by atoms with E-state index in [1.54, 1.807) is 0 Å². The Kier molecular flexibility index (Phi) is 4.13. The standard InChI is InChI=1S/C19H20N4OS/c1-12-6-4-10-16(20-12)22-19(25)21-14-8-5-7-13-17(14)15-9-2-3-11-23(15)18(13)24/h4-8,10,15H,2-3,9,11H2,1H3,(H2,20,21,22,25). The maximum atomic E-state index is 12.6. The van der Waals surface area contributed by atoms with Crippen molar-refractivity contribution in [3.63, 3.8) is 0 Å². The van der Waals surface area contributed by atoms with Crippen LogP contribution in [0.2, 0.25) is 0 Å². The first-order valence-electron chi connectivity index (χ1n) is 8.59. The van der Waals surface area contributed by atoms with E-state index in [1.165, 1.54) is 0 Å². The molecule has 0 saturated carbocycles. The monoisotopic (exact) mass is 352 g/mol. The molecule has 6 heteroatoms. The fourth-order valence-corrected chi connectivity index (χ4v) is 3.95. The zero-order valence-corrected chi connectivity index (χ0v) is 14.9. The summed E-state index contributed by atoms with van der Waals surface area (Å²) in [6, 6.07) is 11.7. The first kappa shape index (κ1) is 16.0. The molecule has 2 aromatic rings. The van der Waals surface area contributed by atoms with Crippen LogP contribution in [0.1, 0.15) is 46.9 Å². The van der Waals surface area contributed by atoms with Gasteiger partial charge in [0, 0.05) is 29.1 Å². The number of aryl methyl sites for hydroxylation is 1. The van der Waals surface area contributed by atoms with Gasteiger partial charge in [-0.2, -0.15) is 0 Å². The van der Waals surface area contributed by atoms with Gasteiger partial charge in [0.2, 0.25) is 0 Å². The molecule has 0 radical (unpaired) electrons. The van der Waals surface area contributed by atoms with Crippen LogP contribution >= 0.6 is 12.2 Å². The van der Waals surface area contributed by atoms with E-state index in [9.17, 15) is 4.79 Å². The minimum absolute atomic E-state index is 0.141. The molecule has 1 unspecified atom stereocenters. The molecule has 1 saturated heterocycles. The molecule has 2 N–H and O–H groups in total. The Labute approximate surface area is 152 Å². The lowest BCUT2D eigenvalue weighted by Gasteiger charge is -2.30. The van der Waals surface area contributed by atoms with Crippen molar-refractivity contribution >= 4 is 34.7 Å².